The maximum atomic E-state index is 12.6. The molecule has 1 saturated carbocycles. The number of likely N-dealkylation sites (tertiary alicyclic amines) is 1. The SMILES string of the molecule is Cn1nc(C2CCN(CC(=O)OCc3ccccc3)CC2)n(C2CCCC2)c1=O. The minimum atomic E-state index is -0.187. The molecule has 1 aromatic carbocycles. The highest BCUT2D eigenvalue weighted by Crippen LogP contribution is 2.33. The summed E-state index contributed by atoms with van der Waals surface area (Å²) in [6, 6.07) is 10.0. The van der Waals surface area contributed by atoms with Gasteiger partial charge in [-0.1, -0.05) is 43.2 Å². The fourth-order valence-corrected chi connectivity index (χ4v) is 4.60. The number of benzene rings is 1. The fraction of sp³-hybridized carbons (Fsp3) is 0.591. The zero-order valence-corrected chi connectivity index (χ0v) is 17.1. The summed E-state index contributed by atoms with van der Waals surface area (Å²) in [7, 11) is 1.75. The molecule has 1 saturated heterocycles. The number of hydrogen-bond acceptors (Lipinski definition) is 5. The van der Waals surface area contributed by atoms with Crippen molar-refractivity contribution >= 4 is 5.97 Å². The van der Waals surface area contributed by atoms with Gasteiger partial charge in [-0.3, -0.25) is 14.3 Å². The van der Waals surface area contributed by atoms with Crippen molar-refractivity contribution in [1.82, 2.24) is 19.2 Å². The largest absolute Gasteiger partial charge is 0.460 e. The van der Waals surface area contributed by atoms with Crippen LogP contribution in [0.15, 0.2) is 35.1 Å². The average Bonchev–Trinajstić information content (AvgIpc) is 3.36. The molecule has 0 bridgehead atoms. The van der Waals surface area contributed by atoms with E-state index >= 15 is 0 Å². The van der Waals surface area contributed by atoms with Crippen molar-refractivity contribution in [2.45, 2.75) is 57.1 Å². The van der Waals surface area contributed by atoms with Crippen LogP contribution in [0.1, 0.15) is 61.9 Å². The molecular weight excluding hydrogens is 368 g/mol. The first-order valence-corrected chi connectivity index (χ1v) is 10.7. The van der Waals surface area contributed by atoms with Gasteiger partial charge in [-0.15, -0.1) is 0 Å². The van der Waals surface area contributed by atoms with E-state index in [1.165, 1.54) is 17.5 Å². The zero-order valence-electron chi connectivity index (χ0n) is 17.1. The smallest absolute Gasteiger partial charge is 0.345 e. The number of piperidine rings is 1. The number of carbonyl (C=O) groups is 1. The molecular formula is C22H30N4O3. The topological polar surface area (TPSA) is 69.4 Å². The Kier molecular flexibility index (Phi) is 6.13. The Balaban J connectivity index is 1.31. The predicted molar refractivity (Wildman–Crippen MR) is 110 cm³/mol. The first kappa shape index (κ1) is 19.9. The molecule has 0 spiro atoms. The minimum Gasteiger partial charge on any atom is -0.460 e. The van der Waals surface area contributed by atoms with Crippen LogP contribution in [0.25, 0.3) is 0 Å². The van der Waals surface area contributed by atoms with Gasteiger partial charge in [0.05, 0.1) is 6.54 Å². The van der Waals surface area contributed by atoms with Crippen LogP contribution in [-0.4, -0.2) is 44.9 Å². The quantitative estimate of drug-likeness (QED) is 0.700. The molecule has 2 fully saturated rings. The Hall–Kier alpha value is -2.41. The second-order valence-electron chi connectivity index (χ2n) is 8.27. The molecule has 1 aliphatic heterocycles. The van der Waals surface area contributed by atoms with Crippen LogP contribution in [0.3, 0.4) is 0 Å². The molecule has 0 radical (unpaired) electrons. The van der Waals surface area contributed by atoms with E-state index in [2.05, 4.69) is 10.00 Å². The van der Waals surface area contributed by atoms with Crippen LogP contribution >= 0.6 is 0 Å². The Morgan fingerprint density at radius 1 is 1.10 bits per heavy atom. The average molecular weight is 399 g/mol. The number of hydrogen-bond donors (Lipinski definition) is 0. The number of rotatable bonds is 6. The number of ether oxygens (including phenoxy) is 1. The van der Waals surface area contributed by atoms with Gasteiger partial charge < -0.3 is 4.74 Å². The van der Waals surface area contributed by atoms with E-state index in [0.717, 1.165) is 50.2 Å². The molecule has 1 aliphatic carbocycles. The first-order chi connectivity index (χ1) is 14.1. The maximum Gasteiger partial charge on any atom is 0.345 e. The van der Waals surface area contributed by atoms with Gasteiger partial charge in [0.1, 0.15) is 12.4 Å². The second kappa shape index (κ2) is 8.95. The van der Waals surface area contributed by atoms with E-state index in [1.807, 2.05) is 34.9 Å². The van der Waals surface area contributed by atoms with Gasteiger partial charge in [-0.2, -0.15) is 5.10 Å². The van der Waals surface area contributed by atoms with E-state index in [1.54, 1.807) is 7.05 Å². The summed E-state index contributed by atoms with van der Waals surface area (Å²) >= 11 is 0. The van der Waals surface area contributed by atoms with Crippen LogP contribution in [0.5, 0.6) is 0 Å². The maximum absolute atomic E-state index is 12.6. The first-order valence-electron chi connectivity index (χ1n) is 10.7. The molecule has 2 aromatic rings. The van der Waals surface area contributed by atoms with Crippen molar-refractivity contribution in [2.75, 3.05) is 19.6 Å². The monoisotopic (exact) mass is 398 g/mol. The third-order valence-corrected chi connectivity index (χ3v) is 6.22. The molecule has 4 rings (SSSR count). The molecule has 0 atom stereocenters. The Bertz CT molecular complexity index is 875. The summed E-state index contributed by atoms with van der Waals surface area (Å²) in [4.78, 5) is 26.9. The molecule has 0 amide bonds. The molecule has 29 heavy (non-hydrogen) atoms. The summed E-state index contributed by atoms with van der Waals surface area (Å²) in [6.07, 6.45) is 6.35. The van der Waals surface area contributed by atoms with Gasteiger partial charge >= 0.3 is 11.7 Å². The summed E-state index contributed by atoms with van der Waals surface area (Å²) in [6.45, 7) is 2.27. The molecule has 7 heteroatoms. The lowest BCUT2D eigenvalue weighted by Gasteiger charge is -2.31. The molecule has 0 N–H and O–H groups in total. The van der Waals surface area contributed by atoms with Crippen LogP contribution in [0.2, 0.25) is 0 Å². The number of esters is 1. The lowest BCUT2D eigenvalue weighted by atomic mass is 9.95. The van der Waals surface area contributed by atoms with E-state index in [4.69, 9.17) is 4.74 Å². The van der Waals surface area contributed by atoms with Crippen LogP contribution in [-0.2, 0) is 23.2 Å². The van der Waals surface area contributed by atoms with Gasteiger partial charge in [-0.05, 0) is 44.3 Å². The van der Waals surface area contributed by atoms with E-state index in [0.29, 0.717) is 19.2 Å². The number of carbonyl (C=O) groups excluding carboxylic acids is 1. The standard InChI is InChI=1S/C22H30N4O3/c1-24-22(28)26(19-9-5-6-10-19)21(23-24)18-11-13-25(14-12-18)15-20(27)29-16-17-7-3-2-4-8-17/h2-4,7-8,18-19H,5-6,9-16H2,1H3. The lowest BCUT2D eigenvalue weighted by molar-refractivity contribution is -0.146. The van der Waals surface area contributed by atoms with Gasteiger partial charge in [0.25, 0.3) is 0 Å². The van der Waals surface area contributed by atoms with Crippen molar-refractivity contribution < 1.29 is 9.53 Å². The fourth-order valence-electron chi connectivity index (χ4n) is 4.60. The molecule has 156 valence electrons. The Labute approximate surface area is 171 Å². The Morgan fingerprint density at radius 3 is 2.48 bits per heavy atom. The summed E-state index contributed by atoms with van der Waals surface area (Å²) in [5.41, 5.74) is 1.01. The highest BCUT2D eigenvalue weighted by molar-refractivity contribution is 5.71. The molecule has 2 aliphatic rings. The molecule has 1 aromatic heterocycles. The molecule has 7 nitrogen and oxygen atoms in total. The van der Waals surface area contributed by atoms with Crippen LogP contribution in [0, 0.1) is 0 Å². The van der Waals surface area contributed by atoms with Crippen LogP contribution < -0.4 is 5.69 Å². The van der Waals surface area contributed by atoms with Crippen molar-refractivity contribution in [3.63, 3.8) is 0 Å². The molecule has 0 unspecified atom stereocenters. The Morgan fingerprint density at radius 2 is 1.79 bits per heavy atom. The van der Waals surface area contributed by atoms with Crippen molar-refractivity contribution in [3.05, 3.63) is 52.2 Å². The third-order valence-electron chi connectivity index (χ3n) is 6.22. The second-order valence-corrected chi connectivity index (χ2v) is 8.27. The van der Waals surface area contributed by atoms with Crippen molar-refractivity contribution in [2.24, 2.45) is 7.05 Å². The highest BCUT2D eigenvalue weighted by atomic mass is 16.5. The normalized spacial score (nSPS) is 18.9. The summed E-state index contributed by atoms with van der Waals surface area (Å²) in [5.74, 6) is 1.03. The number of nitrogens with zero attached hydrogens (tertiary/aromatic N) is 4. The highest BCUT2D eigenvalue weighted by Gasteiger charge is 2.30. The lowest BCUT2D eigenvalue weighted by Crippen LogP contribution is -2.38. The van der Waals surface area contributed by atoms with Gasteiger partial charge in [0, 0.05) is 19.0 Å². The zero-order chi connectivity index (χ0) is 20.2. The minimum absolute atomic E-state index is 0.0128. The van der Waals surface area contributed by atoms with Crippen molar-refractivity contribution in [3.8, 4) is 0 Å². The summed E-state index contributed by atoms with van der Waals surface area (Å²) < 4.78 is 8.85. The van der Waals surface area contributed by atoms with Crippen LogP contribution in [0.4, 0.5) is 0 Å². The summed E-state index contributed by atoms with van der Waals surface area (Å²) in [5, 5.41) is 4.58. The number of aryl methyl sites for hydroxylation is 1. The molecule has 2 heterocycles. The van der Waals surface area contributed by atoms with Gasteiger partial charge in [0.15, 0.2) is 0 Å². The van der Waals surface area contributed by atoms with E-state index < -0.39 is 0 Å². The number of aromatic nitrogens is 3. The van der Waals surface area contributed by atoms with Gasteiger partial charge in [-0.25, -0.2) is 9.48 Å². The van der Waals surface area contributed by atoms with Gasteiger partial charge in [0.2, 0.25) is 0 Å². The third kappa shape index (κ3) is 4.61. The van der Waals surface area contributed by atoms with E-state index in [9.17, 15) is 9.59 Å². The predicted octanol–water partition coefficient (Wildman–Crippen LogP) is 2.62. The van der Waals surface area contributed by atoms with E-state index in [-0.39, 0.29) is 17.6 Å². The van der Waals surface area contributed by atoms with Crippen molar-refractivity contribution in [1.29, 1.82) is 0 Å².